The Balaban J connectivity index is 1.61. The summed E-state index contributed by atoms with van der Waals surface area (Å²) in [5.41, 5.74) is 1.47. The van der Waals surface area contributed by atoms with E-state index in [0.717, 1.165) is 35.9 Å². The Labute approximate surface area is 152 Å². The van der Waals surface area contributed by atoms with Crippen LogP contribution in [0, 0.1) is 0 Å². The zero-order chi connectivity index (χ0) is 17.4. The molecule has 8 heteroatoms. The summed E-state index contributed by atoms with van der Waals surface area (Å²) in [6.07, 6.45) is 4.11. The van der Waals surface area contributed by atoms with Crippen molar-refractivity contribution >= 4 is 44.7 Å². The van der Waals surface area contributed by atoms with E-state index in [4.69, 9.17) is 11.6 Å². The van der Waals surface area contributed by atoms with Gasteiger partial charge in [-0.3, -0.25) is 9.59 Å². The molecular formula is C17H15ClN4O2S. The number of hydrogen-bond acceptors (Lipinski definition) is 5. The van der Waals surface area contributed by atoms with Crippen LogP contribution < -0.4 is 10.9 Å². The van der Waals surface area contributed by atoms with Crippen LogP contribution in [0.4, 0.5) is 5.69 Å². The minimum Gasteiger partial charge on any atom is -0.324 e. The molecule has 128 valence electrons. The number of benzene rings is 1. The highest BCUT2D eigenvalue weighted by Crippen LogP contribution is 2.33. The van der Waals surface area contributed by atoms with Gasteiger partial charge < -0.3 is 5.32 Å². The van der Waals surface area contributed by atoms with Crippen LogP contribution in [0.15, 0.2) is 29.1 Å². The first-order chi connectivity index (χ1) is 12.1. The van der Waals surface area contributed by atoms with Crippen LogP contribution in [0.25, 0.3) is 10.2 Å². The van der Waals surface area contributed by atoms with Gasteiger partial charge in [0.05, 0.1) is 5.39 Å². The molecule has 1 N–H and O–H groups in total. The topological polar surface area (TPSA) is 76.9 Å². The second kappa shape index (κ2) is 6.57. The molecule has 3 aromatic rings. The van der Waals surface area contributed by atoms with Gasteiger partial charge in [-0.15, -0.1) is 16.4 Å². The summed E-state index contributed by atoms with van der Waals surface area (Å²) in [5, 5.41) is 12.0. The quantitative estimate of drug-likeness (QED) is 0.764. The Hall–Kier alpha value is -2.25. The van der Waals surface area contributed by atoms with Crippen LogP contribution in [0.3, 0.4) is 0 Å². The van der Waals surface area contributed by atoms with Gasteiger partial charge in [-0.1, -0.05) is 16.8 Å². The molecule has 1 aromatic carbocycles. The number of carbonyl (C=O) groups is 1. The summed E-state index contributed by atoms with van der Waals surface area (Å²) in [4.78, 5) is 26.9. The predicted octanol–water partition coefficient (Wildman–Crippen LogP) is 3.02. The van der Waals surface area contributed by atoms with Crippen molar-refractivity contribution in [3.05, 3.63) is 50.1 Å². The largest absolute Gasteiger partial charge is 0.324 e. The monoisotopic (exact) mass is 374 g/mol. The predicted molar refractivity (Wildman–Crippen MR) is 98.4 cm³/mol. The summed E-state index contributed by atoms with van der Waals surface area (Å²) in [7, 11) is 0. The lowest BCUT2D eigenvalue weighted by molar-refractivity contribution is -0.117. The maximum absolute atomic E-state index is 12.8. The molecule has 2 aromatic heterocycles. The molecule has 0 aliphatic heterocycles. The smallest absolute Gasteiger partial charge is 0.279 e. The van der Waals surface area contributed by atoms with Crippen molar-refractivity contribution in [3.63, 3.8) is 0 Å². The first-order valence-corrected chi connectivity index (χ1v) is 9.25. The molecule has 1 aliphatic rings. The third-order valence-electron chi connectivity index (χ3n) is 4.27. The van der Waals surface area contributed by atoms with Gasteiger partial charge in [-0.2, -0.15) is 0 Å². The summed E-state index contributed by atoms with van der Waals surface area (Å²) in [5.74, 6) is -0.331. The van der Waals surface area contributed by atoms with Crippen LogP contribution in [-0.2, 0) is 24.2 Å². The number of thiophene rings is 1. The first kappa shape index (κ1) is 16.2. The van der Waals surface area contributed by atoms with Gasteiger partial charge in [0, 0.05) is 15.6 Å². The molecule has 0 atom stereocenters. The van der Waals surface area contributed by atoms with Crippen LogP contribution >= 0.6 is 22.9 Å². The zero-order valence-corrected chi connectivity index (χ0v) is 14.9. The molecule has 6 nitrogen and oxygen atoms in total. The standard InChI is InChI=1S/C17H15ClN4O2S/c18-10-5-7-11(8-6-10)19-14(23)9-22-17(24)15-12-3-1-2-4-13(12)25-16(15)20-21-22/h5-8H,1-4,9H2,(H,19,23). The van der Waals surface area contributed by atoms with E-state index < -0.39 is 0 Å². The molecule has 0 unspecified atom stereocenters. The number of rotatable bonds is 3. The number of nitrogens with zero attached hydrogens (tertiary/aromatic N) is 3. The van der Waals surface area contributed by atoms with Gasteiger partial charge in [-0.05, 0) is 55.5 Å². The van der Waals surface area contributed by atoms with E-state index in [2.05, 4.69) is 15.6 Å². The molecule has 25 heavy (non-hydrogen) atoms. The minimum atomic E-state index is -0.331. The van der Waals surface area contributed by atoms with E-state index in [9.17, 15) is 9.59 Å². The number of aryl methyl sites for hydroxylation is 2. The lowest BCUT2D eigenvalue weighted by atomic mass is 9.97. The Kier molecular flexibility index (Phi) is 4.27. The van der Waals surface area contributed by atoms with E-state index in [1.807, 2.05) is 0 Å². The average Bonchev–Trinajstić information content (AvgIpc) is 2.99. The number of anilines is 1. The highest BCUT2D eigenvalue weighted by atomic mass is 35.5. The molecule has 0 spiro atoms. The summed E-state index contributed by atoms with van der Waals surface area (Å²) in [6, 6.07) is 6.78. The molecule has 1 aliphatic carbocycles. The number of halogens is 1. The first-order valence-electron chi connectivity index (χ1n) is 8.05. The molecule has 0 saturated carbocycles. The highest BCUT2D eigenvalue weighted by Gasteiger charge is 2.21. The molecular weight excluding hydrogens is 360 g/mol. The SMILES string of the molecule is O=C(Cn1nnc2sc3c(c2c1=O)CCCC3)Nc1ccc(Cl)cc1. The molecule has 0 radical (unpaired) electrons. The molecule has 0 saturated heterocycles. The van der Waals surface area contributed by atoms with Crippen molar-refractivity contribution in [2.45, 2.75) is 32.2 Å². The molecule has 1 amide bonds. The summed E-state index contributed by atoms with van der Waals surface area (Å²) < 4.78 is 1.13. The van der Waals surface area contributed by atoms with Gasteiger partial charge in [0.1, 0.15) is 6.54 Å². The van der Waals surface area contributed by atoms with Gasteiger partial charge >= 0.3 is 0 Å². The fourth-order valence-corrected chi connectivity index (χ4v) is 4.40. The second-order valence-electron chi connectivity index (χ2n) is 6.00. The fourth-order valence-electron chi connectivity index (χ4n) is 3.08. The zero-order valence-electron chi connectivity index (χ0n) is 13.3. The lowest BCUT2D eigenvalue weighted by Gasteiger charge is -2.10. The van der Waals surface area contributed by atoms with Crippen LogP contribution in [0.5, 0.6) is 0 Å². The van der Waals surface area contributed by atoms with E-state index in [-0.39, 0.29) is 18.0 Å². The number of fused-ring (bicyclic) bond motifs is 3. The van der Waals surface area contributed by atoms with E-state index in [0.29, 0.717) is 20.9 Å². The summed E-state index contributed by atoms with van der Waals surface area (Å²) in [6.45, 7) is -0.172. The number of hydrogen-bond donors (Lipinski definition) is 1. The van der Waals surface area contributed by atoms with Crippen molar-refractivity contribution in [2.24, 2.45) is 0 Å². The third-order valence-corrected chi connectivity index (χ3v) is 5.69. The van der Waals surface area contributed by atoms with Crippen LogP contribution in [0.2, 0.25) is 5.02 Å². The van der Waals surface area contributed by atoms with Crippen LogP contribution in [-0.4, -0.2) is 20.9 Å². The Morgan fingerprint density at radius 2 is 2.00 bits per heavy atom. The van der Waals surface area contributed by atoms with Gasteiger partial charge in [0.2, 0.25) is 5.91 Å². The van der Waals surface area contributed by atoms with Gasteiger partial charge in [0.25, 0.3) is 5.56 Å². The Morgan fingerprint density at radius 1 is 1.24 bits per heavy atom. The molecule has 4 rings (SSSR count). The molecule has 2 heterocycles. The Morgan fingerprint density at radius 3 is 2.80 bits per heavy atom. The number of carbonyl (C=O) groups excluding carboxylic acids is 1. The minimum absolute atomic E-state index is 0.172. The van der Waals surface area contributed by atoms with Crippen molar-refractivity contribution in [3.8, 4) is 0 Å². The van der Waals surface area contributed by atoms with Gasteiger partial charge in [-0.25, -0.2) is 4.68 Å². The Bertz CT molecular complexity index is 1010. The van der Waals surface area contributed by atoms with Crippen LogP contribution in [0.1, 0.15) is 23.3 Å². The van der Waals surface area contributed by atoms with E-state index in [1.165, 1.54) is 4.88 Å². The molecule has 0 fully saturated rings. The average molecular weight is 375 g/mol. The second-order valence-corrected chi connectivity index (χ2v) is 7.52. The van der Waals surface area contributed by atoms with E-state index >= 15 is 0 Å². The fraction of sp³-hybridized carbons (Fsp3) is 0.294. The number of amides is 1. The van der Waals surface area contributed by atoms with Crippen molar-refractivity contribution in [1.29, 1.82) is 0 Å². The maximum Gasteiger partial charge on any atom is 0.279 e. The van der Waals surface area contributed by atoms with E-state index in [1.54, 1.807) is 35.6 Å². The lowest BCUT2D eigenvalue weighted by Crippen LogP contribution is -2.30. The summed E-state index contributed by atoms with van der Waals surface area (Å²) >= 11 is 7.37. The van der Waals surface area contributed by atoms with Crippen molar-refractivity contribution in [1.82, 2.24) is 15.0 Å². The van der Waals surface area contributed by atoms with Crippen molar-refractivity contribution in [2.75, 3.05) is 5.32 Å². The normalized spacial score (nSPS) is 13.6. The molecule has 0 bridgehead atoms. The third kappa shape index (κ3) is 3.17. The number of nitrogens with one attached hydrogen (secondary N) is 1. The highest BCUT2D eigenvalue weighted by molar-refractivity contribution is 7.18. The number of aromatic nitrogens is 3. The maximum atomic E-state index is 12.8. The van der Waals surface area contributed by atoms with Crippen molar-refractivity contribution < 1.29 is 4.79 Å². The van der Waals surface area contributed by atoms with Gasteiger partial charge in [0.15, 0.2) is 4.83 Å².